The van der Waals surface area contributed by atoms with Gasteiger partial charge in [-0.1, -0.05) is 19.9 Å². The molecule has 0 aliphatic heterocycles. The van der Waals surface area contributed by atoms with Crippen LogP contribution in [0.4, 0.5) is 10.2 Å². The number of carbonyl (C=O) groups excluding carboxylic acids is 1. The van der Waals surface area contributed by atoms with Crippen LogP contribution in [0.15, 0.2) is 24.5 Å². The van der Waals surface area contributed by atoms with Crippen molar-refractivity contribution in [2.24, 2.45) is 0 Å². The molecule has 0 atom stereocenters. The Morgan fingerprint density at radius 2 is 1.94 bits per heavy atom. The fourth-order valence-electron chi connectivity index (χ4n) is 1.34. The van der Waals surface area contributed by atoms with E-state index in [1.165, 1.54) is 6.92 Å². The highest BCUT2D eigenvalue weighted by molar-refractivity contribution is 5.87. The minimum Gasteiger partial charge on any atom is -0.310 e. The molecule has 0 unspecified atom stereocenters. The van der Waals surface area contributed by atoms with E-state index in [-0.39, 0.29) is 7.33 Å². The van der Waals surface area contributed by atoms with E-state index in [0.29, 0.717) is 13.0 Å². The second-order valence-electron chi connectivity index (χ2n) is 3.28. The minimum atomic E-state index is -0.106. The summed E-state index contributed by atoms with van der Waals surface area (Å²) in [6.45, 7) is 7.48. The maximum Gasteiger partial charge on any atom is 0.222 e. The lowest BCUT2D eigenvalue weighted by Gasteiger charge is -1.93. The number of hydrogen-bond acceptors (Lipinski definition) is 2. The molecule has 0 fully saturated rings. The molecule has 0 spiro atoms. The van der Waals surface area contributed by atoms with E-state index >= 15 is 0 Å². The largest absolute Gasteiger partial charge is 0.310 e. The van der Waals surface area contributed by atoms with Crippen LogP contribution in [-0.2, 0) is 4.79 Å². The van der Waals surface area contributed by atoms with Gasteiger partial charge in [0.1, 0.15) is 5.65 Å². The van der Waals surface area contributed by atoms with Crippen LogP contribution in [0, 0.1) is 6.92 Å². The van der Waals surface area contributed by atoms with Gasteiger partial charge >= 0.3 is 0 Å². The summed E-state index contributed by atoms with van der Waals surface area (Å²) in [5, 5.41) is 2.64. The highest BCUT2D eigenvalue weighted by Crippen LogP contribution is 2.10. The van der Waals surface area contributed by atoms with Gasteiger partial charge in [0, 0.05) is 14.5 Å². The number of carbonyl (C=O) groups is 1. The van der Waals surface area contributed by atoms with Gasteiger partial charge in [-0.15, -0.1) is 0 Å². The van der Waals surface area contributed by atoms with Crippen molar-refractivity contribution in [3.05, 3.63) is 30.1 Å². The molecule has 2 heterocycles. The number of aromatic nitrogens is 2. The first-order valence-electron chi connectivity index (χ1n) is 5.76. The van der Waals surface area contributed by atoms with Crippen molar-refractivity contribution in [1.82, 2.24) is 9.38 Å². The summed E-state index contributed by atoms with van der Waals surface area (Å²) >= 11 is 0. The van der Waals surface area contributed by atoms with Crippen molar-refractivity contribution < 1.29 is 10.6 Å². The zero-order valence-corrected chi connectivity index (χ0v) is 11.5. The van der Waals surface area contributed by atoms with Crippen molar-refractivity contribution in [1.29, 1.82) is 0 Å². The Hall–Kier alpha value is -1.91. The Bertz CT molecular complexity index is 500. The number of nitrogens with one attached hydrogen (secondary N) is 1. The first kappa shape index (κ1) is 16.1. The molecule has 0 saturated heterocycles. The lowest BCUT2D eigenvalue weighted by atomic mass is 10.3. The third-order valence-corrected chi connectivity index (χ3v) is 1.90. The second kappa shape index (κ2) is 8.22. The highest BCUT2D eigenvalue weighted by Gasteiger charge is 2.01. The molecule has 18 heavy (non-hydrogen) atoms. The molecule has 2 aromatic rings. The van der Waals surface area contributed by atoms with Crippen molar-refractivity contribution in [2.75, 3.05) is 12.5 Å². The van der Waals surface area contributed by atoms with E-state index in [4.69, 9.17) is 0 Å². The standard InChI is InChI=1S/C10H11N3O.C2H6.CH3F.H2/c1-7-3-4-10-12-9(11-8(2)14)6-13(10)5-7;2*1-2;/h3-6H,1-2H3,(H,11,14);1-2H3;1H3;1H. The van der Waals surface area contributed by atoms with Crippen LogP contribution in [0.1, 0.15) is 27.8 Å². The Kier molecular flexibility index (Phi) is 7.35. The Morgan fingerprint density at radius 1 is 1.33 bits per heavy atom. The third kappa shape index (κ3) is 4.53. The SMILES string of the molecule is CC.CC(=O)Nc1cn2cc(C)ccc2n1.CF.[HH]. The van der Waals surface area contributed by atoms with Crippen LogP contribution < -0.4 is 5.32 Å². The van der Waals surface area contributed by atoms with Crippen LogP contribution in [0.25, 0.3) is 5.65 Å². The minimum absolute atomic E-state index is 0. The fraction of sp³-hybridized carbons (Fsp3) is 0.385. The van der Waals surface area contributed by atoms with Crippen LogP contribution in [0.2, 0.25) is 0 Å². The molecule has 102 valence electrons. The smallest absolute Gasteiger partial charge is 0.222 e. The molecule has 1 amide bonds. The van der Waals surface area contributed by atoms with E-state index in [1.807, 2.05) is 43.5 Å². The van der Waals surface area contributed by atoms with E-state index in [1.54, 1.807) is 6.20 Å². The van der Waals surface area contributed by atoms with E-state index in [0.717, 1.165) is 11.2 Å². The molecule has 0 aliphatic carbocycles. The summed E-state index contributed by atoms with van der Waals surface area (Å²) in [6.07, 6.45) is 3.76. The van der Waals surface area contributed by atoms with Gasteiger partial charge in [-0.25, -0.2) is 4.98 Å². The van der Waals surface area contributed by atoms with Crippen molar-refractivity contribution in [3.63, 3.8) is 0 Å². The molecule has 2 aromatic heterocycles. The van der Waals surface area contributed by atoms with Crippen molar-refractivity contribution in [2.45, 2.75) is 27.7 Å². The first-order chi connectivity index (χ1) is 8.65. The number of hydrogen-bond donors (Lipinski definition) is 1. The molecule has 2 rings (SSSR count). The second-order valence-corrected chi connectivity index (χ2v) is 3.28. The van der Waals surface area contributed by atoms with Crippen LogP contribution in [-0.4, -0.2) is 22.5 Å². The van der Waals surface area contributed by atoms with Crippen molar-refractivity contribution >= 4 is 17.4 Å². The Morgan fingerprint density at radius 3 is 2.50 bits per heavy atom. The summed E-state index contributed by atoms with van der Waals surface area (Å²) in [5.41, 5.74) is 1.99. The monoisotopic (exact) mass is 255 g/mol. The number of alkyl halides is 1. The van der Waals surface area contributed by atoms with E-state index < -0.39 is 0 Å². The predicted molar refractivity (Wildman–Crippen MR) is 74.7 cm³/mol. The predicted octanol–water partition coefficient (Wildman–Crippen LogP) is 3.46. The summed E-state index contributed by atoms with van der Waals surface area (Å²) < 4.78 is 11.4. The summed E-state index contributed by atoms with van der Waals surface area (Å²) in [7, 11) is 0.500. The molecule has 0 radical (unpaired) electrons. The molecule has 4 nitrogen and oxygen atoms in total. The topological polar surface area (TPSA) is 46.4 Å². The lowest BCUT2D eigenvalue weighted by molar-refractivity contribution is -0.114. The number of aryl methyl sites for hydroxylation is 1. The molecule has 5 heteroatoms. The number of fused-ring (bicyclic) bond motifs is 1. The normalized spacial score (nSPS) is 8.78. The zero-order valence-electron chi connectivity index (χ0n) is 11.5. The van der Waals surface area contributed by atoms with E-state index in [2.05, 4.69) is 10.3 Å². The summed E-state index contributed by atoms with van der Waals surface area (Å²) in [4.78, 5) is 15.0. The Balaban J connectivity index is 0. The third-order valence-electron chi connectivity index (χ3n) is 1.90. The highest BCUT2D eigenvalue weighted by atomic mass is 19.1. The molecule has 0 bridgehead atoms. The number of amides is 1. The van der Waals surface area contributed by atoms with Crippen LogP contribution >= 0.6 is 0 Å². The van der Waals surface area contributed by atoms with Gasteiger partial charge in [0.15, 0.2) is 5.82 Å². The maximum absolute atomic E-state index is 10.8. The van der Waals surface area contributed by atoms with Gasteiger partial charge in [-0.3, -0.25) is 9.18 Å². The summed E-state index contributed by atoms with van der Waals surface area (Å²) in [6, 6.07) is 3.90. The molecule has 0 aliphatic rings. The Labute approximate surface area is 108 Å². The molecular weight excluding hydrogens is 233 g/mol. The average Bonchev–Trinajstić information content (AvgIpc) is 2.74. The number of halogens is 1. The fourth-order valence-corrected chi connectivity index (χ4v) is 1.34. The number of pyridine rings is 1. The van der Waals surface area contributed by atoms with Gasteiger partial charge in [-0.05, 0) is 18.6 Å². The summed E-state index contributed by atoms with van der Waals surface area (Å²) in [5.74, 6) is 0.480. The molecule has 0 saturated carbocycles. The van der Waals surface area contributed by atoms with Crippen LogP contribution in [0.5, 0.6) is 0 Å². The quantitative estimate of drug-likeness (QED) is 0.848. The van der Waals surface area contributed by atoms with Crippen LogP contribution in [0.3, 0.4) is 0 Å². The van der Waals surface area contributed by atoms with Crippen molar-refractivity contribution in [3.8, 4) is 0 Å². The average molecular weight is 255 g/mol. The zero-order chi connectivity index (χ0) is 14.1. The lowest BCUT2D eigenvalue weighted by Crippen LogP contribution is -2.05. The van der Waals surface area contributed by atoms with Gasteiger partial charge in [0.2, 0.25) is 5.91 Å². The number of anilines is 1. The molecule has 0 aromatic carbocycles. The number of rotatable bonds is 1. The molecular formula is C13H22FN3O. The first-order valence-corrected chi connectivity index (χ1v) is 5.76. The van der Waals surface area contributed by atoms with Gasteiger partial charge in [0.05, 0.1) is 13.4 Å². The molecule has 1 N–H and O–H groups in total. The number of imidazole rings is 1. The van der Waals surface area contributed by atoms with Gasteiger partial charge in [0.25, 0.3) is 0 Å². The maximum atomic E-state index is 10.8. The van der Waals surface area contributed by atoms with Gasteiger partial charge < -0.3 is 9.72 Å². The van der Waals surface area contributed by atoms with E-state index in [9.17, 15) is 9.18 Å². The van der Waals surface area contributed by atoms with Gasteiger partial charge in [-0.2, -0.15) is 0 Å². The number of nitrogens with zero attached hydrogens (tertiary/aromatic N) is 2.